The van der Waals surface area contributed by atoms with Crippen molar-refractivity contribution in [2.45, 2.75) is 76.8 Å². The number of piperidine rings is 2. The van der Waals surface area contributed by atoms with Crippen LogP contribution in [0.4, 0.5) is 0 Å². The van der Waals surface area contributed by atoms with Crippen molar-refractivity contribution in [3.8, 4) is 0 Å². The van der Waals surface area contributed by atoms with E-state index in [0.717, 1.165) is 0 Å². The molecule has 0 aromatic heterocycles. The average Bonchev–Trinajstić information content (AvgIpc) is 3.54. The molecule has 4 fully saturated rings. The molecule has 2 saturated heterocycles. The topological polar surface area (TPSA) is 6.48 Å². The summed E-state index contributed by atoms with van der Waals surface area (Å²) in [4.78, 5) is 0. The summed E-state index contributed by atoms with van der Waals surface area (Å²) < 4.78 is 5.64. The maximum Gasteiger partial charge on any atom is 2.00 e. The Kier molecular flexibility index (Phi) is 12.7. The van der Waals surface area contributed by atoms with Gasteiger partial charge in [-0.15, -0.1) is 0 Å². The fraction of sp³-hybridized carbons (Fsp3) is 0.471. The maximum atomic E-state index is 2.82. The van der Waals surface area contributed by atoms with Gasteiger partial charge in [-0.25, -0.2) is 0 Å². The first-order valence-electron chi connectivity index (χ1n) is 15.1. The van der Waals surface area contributed by atoms with Gasteiger partial charge in [0.15, 0.2) is 0 Å². The van der Waals surface area contributed by atoms with E-state index in [2.05, 4.69) is 110 Å². The molecular formula is C34H48EuN2Si2+2. The van der Waals surface area contributed by atoms with Crippen LogP contribution in [0.25, 0.3) is 0 Å². The van der Waals surface area contributed by atoms with Crippen LogP contribution in [0, 0.1) is 111 Å². The van der Waals surface area contributed by atoms with E-state index in [0.29, 0.717) is 0 Å². The zero-order valence-electron chi connectivity index (χ0n) is 24.7. The molecule has 0 N–H and O–H groups in total. The molecule has 2 nitrogen and oxygen atoms in total. The number of hydrogen-bond donors (Lipinski definition) is 0. The van der Waals surface area contributed by atoms with Gasteiger partial charge >= 0.3 is 49.4 Å². The summed E-state index contributed by atoms with van der Waals surface area (Å²) >= 11 is 0. The van der Waals surface area contributed by atoms with Gasteiger partial charge in [-0.1, -0.05) is 87.6 Å². The predicted octanol–water partition coefficient (Wildman–Crippen LogP) is 7.90. The van der Waals surface area contributed by atoms with Gasteiger partial charge < -0.3 is 9.13 Å². The number of hydrogen-bond acceptors (Lipinski definition) is 2. The Labute approximate surface area is 284 Å². The average molecular weight is 693 g/mol. The van der Waals surface area contributed by atoms with Gasteiger partial charge in [-0.2, -0.15) is 0 Å². The first-order chi connectivity index (χ1) is 18.3. The molecular weight excluding hydrogens is 645 g/mol. The summed E-state index contributed by atoms with van der Waals surface area (Å²) in [5.41, 5.74) is 0. The summed E-state index contributed by atoms with van der Waals surface area (Å²) in [7, 11) is -2.58. The van der Waals surface area contributed by atoms with Crippen molar-refractivity contribution in [2.75, 3.05) is 26.2 Å². The van der Waals surface area contributed by atoms with E-state index in [1.807, 2.05) is 0 Å². The molecule has 11 radical (unpaired) electrons. The monoisotopic (exact) mass is 693 g/mol. The van der Waals surface area contributed by atoms with Crippen LogP contribution in [-0.2, 0) is 0 Å². The quantitative estimate of drug-likeness (QED) is 0.262. The SMILES string of the molecule is C[Si](C)(C[C]1[CH][CH][C]2C=CC=C[C]21)N1CCCCC1.C[Si](C)(C[C]1[CH][CH][C]2C=CC=C[C]21)N1CCCCC1.[Eu+2]. The Morgan fingerprint density at radius 2 is 0.872 bits per heavy atom. The van der Waals surface area contributed by atoms with Crippen molar-refractivity contribution >= 4 is 16.5 Å². The van der Waals surface area contributed by atoms with Crippen LogP contribution in [0.2, 0.25) is 38.3 Å². The zero-order valence-corrected chi connectivity index (χ0v) is 29.1. The smallest absolute Gasteiger partial charge is 0.324 e. The van der Waals surface area contributed by atoms with Gasteiger partial charge in [0.1, 0.15) is 16.5 Å². The molecule has 0 unspecified atom stereocenters. The van der Waals surface area contributed by atoms with Crippen LogP contribution in [0.5, 0.6) is 0 Å². The fourth-order valence-corrected chi connectivity index (χ4v) is 12.9. The second-order valence-corrected chi connectivity index (χ2v) is 22.2. The third kappa shape index (κ3) is 8.51. The second-order valence-electron chi connectivity index (χ2n) is 13.0. The van der Waals surface area contributed by atoms with Crippen LogP contribution >= 0.6 is 0 Å². The number of rotatable bonds is 6. The number of nitrogens with zero attached hydrogens (tertiary/aromatic N) is 2. The van der Waals surface area contributed by atoms with Gasteiger partial charge in [-0.05, 0) is 101 Å². The van der Waals surface area contributed by atoms with E-state index in [1.54, 1.807) is 11.8 Å². The Bertz CT molecular complexity index is 810. The minimum absolute atomic E-state index is 0. The van der Waals surface area contributed by atoms with Crippen molar-refractivity contribution in [1.82, 2.24) is 9.13 Å². The Morgan fingerprint density at radius 1 is 0.513 bits per heavy atom. The number of allylic oxidation sites excluding steroid dienone is 8. The van der Waals surface area contributed by atoms with Gasteiger partial charge in [0.25, 0.3) is 0 Å². The predicted molar refractivity (Wildman–Crippen MR) is 169 cm³/mol. The van der Waals surface area contributed by atoms with Crippen molar-refractivity contribution in [3.63, 3.8) is 0 Å². The van der Waals surface area contributed by atoms with Crippen molar-refractivity contribution < 1.29 is 49.4 Å². The Morgan fingerprint density at radius 3 is 1.26 bits per heavy atom. The van der Waals surface area contributed by atoms with E-state index in [4.69, 9.17) is 0 Å². The van der Waals surface area contributed by atoms with Crippen LogP contribution in [0.1, 0.15) is 38.5 Å². The van der Waals surface area contributed by atoms with Gasteiger partial charge in [-0.3, -0.25) is 0 Å². The largest absolute Gasteiger partial charge is 2.00 e. The summed E-state index contributed by atoms with van der Waals surface area (Å²) in [6.07, 6.45) is 35.4. The van der Waals surface area contributed by atoms with Crippen LogP contribution in [0.3, 0.4) is 0 Å². The molecule has 0 spiro atoms. The molecule has 39 heavy (non-hydrogen) atoms. The maximum absolute atomic E-state index is 2.82. The first kappa shape index (κ1) is 32.8. The minimum Gasteiger partial charge on any atom is -0.324 e. The molecule has 0 aromatic rings. The molecule has 2 heterocycles. The van der Waals surface area contributed by atoms with Crippen molar-refractivity contribution in [3.05, 3.63) is 110 Å². The first-order valence-corrected chi connectivity index (χ1v) is 21.4. The van der Waals surface area contributed by atoms with E-state index >= 15 is 0 Å². The van der Waals surface area contributed by atoms with Crippen molar-refractivity contribution in [2.24, 2.45) is 0 Å². The normalized spacial score (nSPS) is 26.4. The van der Waals surface area contributed by atoms with Gasteiger partial charge in [0, 0.05) is 23.7 Å². The van der Waals surface area contributed by atoms with E-state index in [1.165, 1.54) is 100 Å². The van der Waals surface area contributed by atoms with Crippen molar-refractivity contribution in [1.29, 1.82) is 0 Å². The molecule has 6 aliphatic rings. The molecule has 0 aromatic carbocycles. The molecule has 2 aliphatic heterocycles. The molecule has 2 saturated carbocycles. The fourth-order valence-electron chi connectivity index (χ4n) is 6.89. The molecule has 6 rings (SSSR count). The van der Waals surface area contributed by atoms with Crippen LogP contribution in [0.15, 0.2) is 48.6 Å². The summed E-state index contributed by atoms with van der Waals surface area (Å²) in [6, 6.07) is 2.58. The standard InChI is InChI=1S/2C17H24NSi.Eu/c2*1-19(2,18-12-6-3-7-13-18)14-16-11-10-15-8-4-5-9-17(15)16;/h2*4-5,8-11H,3,6-7,12-14H2,1-2H3;/q;;+2. The third-order valence-electron chi connectivity index (χ3n) is 9.21. The van der Waals surface area contributed by atoms with E-state index < -0.39 is 16.5 Å². The van der Waals surface area contributed by atoms with E-state index in [9.17, 15) is 0 Å². The van der Waals surface area contributed by atoms with E-state index in [-0.39, 0.29) is 49.4 Å². The second kappa shape index (κ2) is 15.1. The summed E-state index contributed by atoms with van der Waals surface area (Å²) in [5.74, 6) is 8.89. The summed E-state index contributed by atoms with van der Waals surface area (Å²) in [5, 5.41) is 0. The third-order valence-corrected chi connectivity index (χ3v) is 16.0. The Hall–Kier alpha value is 0.898. The molecule has 0 bridgehead atoms. The summed E-state index contributed by atoms with van der Waals surface area (Å²) in [6.45, 7) is 15.5. The molecule has 0 amide bonds. The molecule has 0 atom stereocenters. The van der Waals surface area contributed by atoms with Crippen LogP contribution in [-0.4, -0.2) is 51.8 Å². The van der Waals surface area contributed by atoms with Crippen LogP contribution < -0.4 is 0 Å². The van der Waals surface area contributed by atoms with Gasteiger partial charge in [0.05, 0.1) is 0 Å². The minimum atomic E-state index is -1.29. The Balaban J connectivity index is 0.000000176. The molecule has 4 aliphatic carbocycles. The molecule has 207 valence electrons. The number of fused-ring (bicyclic) bond motifs is 2. The molecule has 5 heteroatoms. The zero-order chi connectivity index (χ0) is 26.6. The van der Waals surface area contributed by atoms with Gasteiger partial charge in [0.2, 0.25) is 0 Å².